The Morgan fingerprint density at radius 3 is 0.847 bits per heavy atom. The molecule has 0 radical (unpaired) electrons. The van der Waals surface area contributed by atoms with E-state index in [1.807, 2.05) is 0 Å². The first kappa shape index (κ1) is 74.0. The summed E-state index contributed by atoms with van der Waals surface area (Å²) < 4.78 is 0. The molecule has 0 bridgehead atoms. The second-order valence-electron chi connectivity index (χ2n) is 29.8. The van der Waals surface area contributed by atoms with Gasteiger partial charge >= 0.3 is 0 Å². The Kier molecular flexibility index (Phi) is 19.9. The highest BCUT2D eigenvalue weighted by molar-refractivity contribution is 8.26. The van der Waals surface area contributed by atoms with Crippen LogP contribution in [-0.2, 0) is 35.4 Å². The van der Waals surface area contributed by atoms with Crippen LogP contribution < -0.4 is 47.7 Å². The first-order valence-electron chi connectivity index (χ1n) is 39.7. The first-order chi connectivity index (χ1) is 58.1. The number of hydrogen-bond donors (Lipinski definition) is 0. The fourth-order valence-electron chi connectivity index (χ4n) is 17.0. The van der Waals surface area contributed by atoms with Crippen molar-refractivity contribution in [3.05, 3.63) is 449 Å². The van der Waals surface area contributed by atoms with Gasteiger partial charge in [-0.25, -0.2) is 15.0 Å². The highest BCUT2D eigenvalue weighted by Crippen LogP contribution is 2.48. The summed E-state index contributed by atoms with van der Waals surface area (Å²) in [5, 5.41) is 31.2. The maximum absolute atomic E-state index is 6.82. The molecule has 0 aliphatic heterocycles. The Labute approximate surface area is 701 Å². The van der Waals surface area contributed by atoms with Crippen LogP contribution in [0.2, 0.25) is 0 Å². The molecule has 22 rings (SSSR count). The SMILES string of the molecule is S=P(c1ccc(-c2nc3ccccc3c3ccccc23)cc1)(c1ccc2ccccc2c1)c1ccc2ccccc2c1.S=P(c1ccccc1)(c1ccccc1)c1ccc(-c2nc3c4ccccc4ccc3c3ccccc23)cc1.S=P(c1ccccc1)(c1ccccc1)c1ccc(-c2nc3cc4ccccc4cc3c3ccccc23)cc1. The molecule has 0 saturated carbocycles. The lowest BCUT2D eigenvalue weighted by Gasteiger charge is -2.25. The van der Waals surface area contributed by atoms with Crippen molar-refractivity contribution in [1.82, 2.24) is 15.0 Å². The van der Waals surface area contributed by atoms with Crippen molar-refractivity contribution < 1.29 is 0 Å². The molecule has 0 aliphatic rings. The van der Waals surface area contributed by atoms with Gasteiger partial charge in [-0.15, -0.1) is 0 Å². The van der Waals surface area contributed by atoms with Gasteiger partial charge < -0.3 is 0 Å². The Morgan fingerprint density at radius 1 is 0.153 bits per heavy atom. The topological polar surface area (TPSA) is 38.7 Å². The number of nitrogens with zero attached hydrogens (tertiary/aromatic N) is 3. The van der Waals surface area contributed by atoms with E-state index in [0.717, 1.165) is 66.5 Å². The molecule has 558 valence electrons. The van der Waals surface area contributed by atoms with Gasteiger partial charge in [-0.05, 0) is 132 Å². The van der Waals surface area contributed by atoms with Crippen molar-refractivity contribution in [2.45, 2.75) is 0 Å². The normalized spacial score (nSPS) is 11.8. The smallest absolute Gasteiger partial charge is 0.0794 e. The zero-order valence-corrected chi connectivity index (χ0v) is 69.3. The molecule has 0 spiro atoms. The van der Waals surface area contributed by atoms with Crippen molar-refractivity contribution in [1.29, 1.82) is 0 Å². The van der Waals surface area contributed by atoms with Crippen molar-refractivity contribution >= 4 is 209 Å². The minimum atomic E-state index is -2.37. The van der Waals surface area contributed by atoms with Gasteiger partial charge in [0.1, 0.15) is 0 Å². The summed E-state index contributed by atoms with van der Waals surface area (Å²) in [6.45, 7) is 0. The molecule has 0 saturated heterocycles. The van der Waals surface area contributed by atoms with Gasteiger partial charge in [-0.2, -0.15) is 0 Å². The molecule has 9 heteroatoms. The average Bonchev–Trinajstić information content (AvgIpc) is 0.745. The second kappa shape index (κ2) is 31.7. The lowest BCUT2D eigenvalue weighted by atomic mass is 9.97. The zero-order valence-electron chi connectivity index (χ0n) is 64.1. The van der Waals surface area contributed by atoms with E-state index in [1.165, 1.54) is 123 Å². The average molecular weight is 1610 g/mol. The van der Waals surface area contributed by atoms with E-state index in [1.54, 1.807) is 0 Å². The fraction of sp³-hybridized carbons (Fsp3) is 0. The van der Waals surface area contributed by atoms with Crippen LogP contribution in [0, 0.1) is 0 Å². The van der Waals surface area contributed by atoms with Gasteiger partial charge in [0, 0.05) is 72.5 Å². The monoisotopic (exact) mass is 1610 g/mol. The molecule has 22 aromatic rings. The lowest BCUT2D eigenvalue weighted by molar-refractivity contribution is 1.43. The molecule has 3 heterocycles. The van der Waals surface area contributed by atoms with Gasteiger partial charge in [0.15, 0.2) is 0 Å². The van der Waals surface area contributed by atoms with E-state index >= 15 is 0 Å². The van der Waals surface area contributed by atoms with Crippen LogP contribution in [0.5, 0.6) is 0 Å². The molecule has 3 aromatic heterocycles. The largest absolute Gasteiger partial charge is 0.247 e. The second-order valence-corrected chi connectivity index (χ2v) is 43.0. The summed E-state index contributed by atoms with van der Waals surface area (Å²) in [7, 11) is 0. The maximum atomic E-state index is 6.82. The van der Waals surface area contributed by atoms with E-state index in [0.29, 0.717) is 0 Å². The Bertz CT molecular complexity index is 7550. The Balaban J connectivity index is 0.000000114. The number of para-hydroxylation sites is 1. The number of benzene rings is 19. The fourth-order valence-corrected chi connectivity index (χ4v) is 28.2. The Morgan fingerprint density at radius 2 is 0.424 bits per heavy atom. The van der Waals surface area contributed by atoms with Crippen LogP contribution >= 0.6 is 18.1 Å². The summed E-state index contributed by atoms with van der Waals surface area (Å²) in [6, 6.07) is 153. The van der Waals surface area contributed by atoms with E-state index in [2.05, 4.69) is 449 Å². The summed E-state index contributed by atoms with van der Waals surface area (Å²) in [4.78, 5) is 15.6. The third-order valence-electron chi connectivity index (χ3n) is 23.0. The number of pyridine rings is 3. The first-order valence-corrected chi connectivity index (χ1v) is 48.1. The molecule has 118 heavy (non-hydrogen) atoms. The highest BCUT2D eigenvalue weighted by atomic mass is 32.4. The van der Waals surface area contributed by atoms with Crippen LogP contribution in [-0.4, -0.2) is 15.0 Å². The third kappa shape index (κ3) is 13.5. The molecule has 0 amide bonds. The van der Waals surface area contributed by atoms with E-state index < -0.39 is 18.1 Å². The zero-order chi connectivity index (χ0) is 79.2. The predicted molar refractivity (Wildman–Crippen MR) is 522 cm³/mol. The maximum Gasteiger partial charge on any atom is 0.0794 e. The molecule has 0 N–H and O–H groups in total. The summed E-state index contributed by atoms with van der Waals surface area (Å²) >= 11 is 19.9. The molecular weight excluding hydrogens is 1540 g/mol. The highest BCUT2D eigenvalue weighted by Gasteiger charge is 2.29. The summed E-state index contributed by atoms with van der Waals surface area (Å²) in [5.74, 6) is 0. The van der Waals surface area contributed by atoms with E-state index in [9.17, 15) is 0 Å². The number of fused-ring (bicyclic) bond motifs is 14. The minimum Gasteiger partial charge on any atom is -0.247 e. The molecular formula is C109H74N3P3S3. The molecule has 0 aliphatic carbocycles. The predicted octanol–water partition coefficient (Wildman–Crippen LogP) is 25.0. The molecule has 19 aromatic carbocycles. The van der Waals surface area contributed by atoms with Crippen LogP contribution in [0.15, 0.2) is 449 Å². The van der Waals surface area contributed by atoms with Crippen LogP contribution in [0.4, 0.5) is 0 Å². The van der Waals surface area contributed by atoms with Crippen LogP contribution in [0.3, 0.4) is 0 Å². The van der Waals surface area contributed by atoms with E-state index in [-0.39, 0.29) is 0 Å². The summed E-state index contributed by atoms with van der Waals surface area (Å²) in [5.41, 5.74) is 9.36. The van der Waals surface area contributed by atoms with Gasteiger partial charge in [0.25, 0.3) is 0 Å². The molecule has 0 atom stereocenters. The van der Waals surface area contributed by atoms with Crippen molar-refractivity contribution in [2.24, 2.45) is 0 Å². The minimum absolute atomic E-state index is 1.00. The van der Waals surface area contributed by atoms with Crippen LogP contribution in [0.25, 0.3) is 142 Å². The molecule has 0 fully saturated rings. The third-order valence-corrected chi connectivity index (χ3v) is 37.8. The van der Waals surface area contributed by atoms with Crippen molar-refractivity contribution in [2.75, 3.05) is 0 Å². The van der Waals surface area contributed by atoms with Crippen LogP contribution in [0.1, 0.15) is 0 Å². The van der Waals surface area contributed by atoms with Crippen molar-refractivity contribution in [3.63, 3.8) is 0 Å². The Hall–Kier alpha value is -12.8. The van der Waals surface area contributed by atoms with Gasteiger partial charge in [-0.3, -0.25) is 0 Å². The number of hydrogen-bond acceptors (Lipinski definition) is 6. The molecule has 0 unspecified atom stereocenters. The van der Waals surface area contributed by atoms with Crippen molar-refractivity contribution in [3.8, 4) is 33.8 Å². The van der Waals surface area contributed by atoms with Gasteiger partial charge in [0.05, 0.1) is 33.6 Å². The number of rotatable bonds is 12. The standard InChI is InChI=1S/C39H26NPS.2C35H24NPS/c42-41(33-23-17-27-9-1-3-11-30(27)25-33,34-24-18-28-10-2-4-12-31(28)26-34)32-21-19-29(20-22-32)39-37-15-6-5-13-35(37)36-14-7-8-16-38(36)40-39;38-37(28-13-3-1-4-14-28,29-15-5-2-6-16-29)30-21-19-25(20-22-30)35-32-18-10-9-17-31(32)33-23-26-11-7-8-12-27(26)24-34(33)36-35;38-37(27-12-3-1-4-13-27,28-14-5-2-6-15-28)29-22-19-26(20-23-29)34-32-18-10-9-17-31(32)33-24-21-25-11-7-8-16-30(25)35(33)36-34/h1-26H;2*1-24H. The molecule has 3 nitrogen and oxygen atoms in total. The van der Waals surface area contributed by atoms with Gasteiger partial charge in [-0.1, -0.05) is 454 Å². The lowest BCUT2D eigenvalue weighted by Crippen LogP contribution is -2.25. The number of aromatic nitrogens is 3. The van der Waals surface area contributed by atoms with Gasteiger partial charge in [0.2, 0.25) is 0 Å². The quantitative estimate of drug-likeness (QED) is 0.0690. The summed E-state index contributed by atoms with van der Waals surface area (Å²) in [6.07, 6.45) is 0. The van der Waals surface area contributed by atoms with E-state index in [4.69, 9.17) is 50.4 Å².